The molecule has 1 heterocycles. The van der Waals surface area contributed by atoms with E-state index in [0.29, 0.717) is 19.6 Å². The van der Waals surface area contributed by atoms with Gasteiger partial charge in [0, 0.05) is 13.0 Å². The van der Waals surface area contributed by atoms with E-state index in [2.05, 4.69) is 23.1 Å². The van der Waals surface area contributed by atoms with Gasteiger partial charge in [0.1, 0.15) is 18.1 Å². The smallest absolute Gasteiger partial charge is 0.160 e. The van der Waals surface area contributed by atoms with Crippen molar-refractivity contribution in [3.05, 3.63) is 90.0 Å². The maximum absolute atomic E-state index is 13.1. The molecule has 36 heavy (non-hydrogen) atoms. The second-order valence-electron chi connectivity index (χ2n) is 8.99. The van der Waals surface area contributed by atoms with Gasteiger partial charge in [-0.05, 0) is 48.2 Å². The van der Waals surface area contributed by atoms with Crippen molar-refractivity contribution in [2.24, 2.45) is 0 Å². The van der Waals surface area contributed by atoms with Gasteiger partial charge >= 0.3 is 0 Å². The number of piperidine rings is 1. The molecule has 1 aliphatic heterocycles. The first kappa shape index (κ1) is 25.7. The van der Waals surface area contributed by atoms with Crippen molar-refractivity contribution in [3.8, 4) is 11.5 Å². The minimum atomic E-state index is -0.101. The van der Waals surface area contributed by atoms with E-state index in [1.807, 2.05) is 60.7 Å². The van der Waals surface area contributed by atoms with E-state index in [9.17, 15) is 4.79 Å². The van der Waals surface area contributed by atoms with Gasteiger partial charge < -0.3 is 23.8 Å². The number of hydrogen-bond donors (Lipinski definition) is 0. The standard InChI is InChI=1S/C30H35NO5/c1-33-26-16-14-24(15-17-26)20-35-22-25(32)19-28-30(36-21-23-9-4-3-5-10-23)13-8-18-31(28)27-11-6-7-12-29(27)34-2/h3-7,9-12,14-17,28,30H,8,13,18-22H2,1-2H3/t28-,30+/m1/s1. The summed E-state index contributed by atoms with van der Waals surface area (Å²) < 4.78 is 23.0. The Morgan fingerprint density at radius 2 is 1.58 bits per heavy atom. The summed E-state index contributed by atoms with van der Waals surface area (Å²) in [5, 5.41) is 0. The molecule has 6 heteroatoms. The van der Waals surface area contributed by atoms with Crippen molar-refractivity contribution in [1.29, 1.82) is 0 Å². The first-order chi connectivity index (χ1) is 17.7. The second kappa shape index (κ2) is 13.1. The molecule has 4 rings (SSSR count). The highest BCUT2D eigenvalue weighted by atomic mass is 16.5. The van der Waals surface area contributed by atoms with Gasteiger partial charge in [-0.2, -0.15) is 0 Å². The Labute approximate surface area is 213 Å². The highest BCUT2D eigenvalue weighted by Gasteiger charge is 2.35. The van der Waals surface area contributed by atoms with E-state index in [-0.39, 0.29) is 24.5 Å². The Kier molecular flexibility index (Phi) is 9.36. The zero-order valence-electron chi connectivity index (χ0n) is 21.1. The molecule has 0 unspecified atom stereocenters. The summed E-state index contributed by atoms with van der Waals surface area (Å²) in [6, 6.07) is 25.7. The van der Waals surface area contributed by atoms with Crippen molar-refractivity contribution in [3.63, 3.8) is 0 Å². The van der Waals surface area contributed by atoms with Crippen LogP contribution in [-0.4, -0.2) is 45.3 Å². The summed E-state index contributed by atoms with van der Waals surface area (Å²) in [6.45, 7) is 1.80. The number of para-hydroxylation sites is 2. The van der Waals surface area contributed by atoms with Crippen LogP contribution in [0.4, 0.5) is 5.69 Å². The number of Topliss-reactive ketones (excluding diaryl/α,β-unsaturated/α-hetero) is 1. The summed E-state index contributed by atoms with van der Waals surface area (Å²) in [4.78, 5) is 15.4. The molecule has 0 bridgehead atoms. The normalized spacial score (nSPS) is 17.6. The van der Waals surface area contributed by atoms with Crippen molar-refractivity contribution in [2.45, 2.75) is 44.6 Å². The summed E-state index contributed by atoms with van der Waals surface area (Å²) in [6.07, 6.45) is 2.16. The number of nitrogens with zero attached hydrogens (tertiary/aromatic N) is 1. The Hall–Kier alpha value is -3.35. The number of benzene rings is 3. The summed E-state index contributed by atoms with van der Waals surface area (Å²) in [7, 11) is 3.32. The number of rotatable bonds is 12. The van der Waals surface area contributed by atoms with Crippen molar-refractivity contribution >= 4 is 11.5 Å². The van der Waals surface area contributed by atoms with E-state index in [1.54, 1.807) is 14.2 Å². The van der Waals surface area contributed by atoms with Crippen LogP contribution in [0.2, 0.25) is 0 Å². The molecule has 0 amide bonds. The largest absolute Gasteiger partial charge is 0.497 e. The fraction of sp³-hybridized carbons (Fsp3) is 0.367. The Morgan fingerprint density at radius 3 is 2.33 bits per heavy atom. The molecular weight excluding hydrogens is 454 g/mol. The highest BCUT2D eigenvalue weighted by molar-refractivity contribution is 5.81. The lowest BCUT2D eigenvalue weighted by molar-refractivity contribution is -0.125. The predicted octanol–water partition coefficient (Wildman–Crippen LogP) is 5.43. The van der Waals surface area contributed by atoms with Gasteiger partial charge in [0.05, 0.1) is 45.3 Å². The number of anilines is 1. The molecule has 0 radical (unpaired) electrons. The van der Waals surface area contributed by atoms with Crippen molar-refractivity contribution in [1.82, 2.24) is 0 Å². The quantitative estimate of drug-likeness (QED) is 0.338. The summed E-state index contributed by atoms with van der Waals surface area (Å²) in [5.41, 5.74) is 3.12. The highest BCUT2D eigenvalue weighted by Crippen LogP contribution is 2.35. The lowest BCUT2D eigenvalue weighted by Gasteiger charge is -2.42. The summed E-state index contributed by atoms with van der Waals surface area (Å²) >= 11 is 0. The molecular formula is C30H35NO5. The van der Waals surface area contributed by atoms with E-state index < -0.39 is 0 Å². The van der Waals surface area contributed by atoms with Crippen LogP contribution in [0.1, 0.15) is 30.4 Å². The number of carbonyl (C=O) groups excluding carboxylic acids is 1. The van der Waals surface area contributed by atoms with E-state index in [1.165, 1.54) is 0 Å². The summed E-state index contributed by atoms with van der Waals surface area (Å²) in [5.74, 6) is 1.66. The topological polar surface area (TPSA) is 57.2 Å². The van der Waals surface area contributed by atoms with E-state index >= 15 is 0 Å². The monoisotopic (exact) mass is 489 g/mol. The molecule has 0 aromatic heterocycles. The van der Waals surface area contributed by atoms with Gasteiger partial charge in [0.25, 0.3) is 0 Å². The Balaban J connectivity index is 1.44. The maximum Gasteiger partial charge on any atom is 0.160 e. The Bertz CT molecular complexity index is 1090. The number of ketones is 1. The number of carbonyl (C=O) groups is 1. The molecule has 0 spiro atoms. The molecule has 6 nitrogen and oxygen atoms in total. The maximum atomic E-state index is 13.1. The zero-order chi connectivity index (χ0) is 25.2. The molecule has 1 saturated heterocycles. The van der Waals surface area contributed by atoms with Crippen LogP contribution in [0.3, 0.4) is 0 Å². The van der Waals surface area contributed by atoms with Crippen LogP contribution in [0, 0.1) is 0 Å². The zero-order valence-corrected chi connectivity index (χ0v) is 21.1. The Morgan fingerprint density at radius 1 is 0.861 bits per heavy atom. The van der Waals surface area contributed by atoms with Gasteiger partial charge in [-0.1, -0.05) is 54.6 Å². The van der Waals surface area contributed by atoms with Crippen LogP contribution in [0.15, 0.2) is 78.9 Å². The average molecular weight is 490 g/mol. The molecule has 0 saturated carbocycles. The van der Waals surface area contributed by atoms with Gasteiger partial charge in [0.15, 0.2) is 5.78 Å². The number of hydrogen-bond acceptors (Lipinski definition) is 6. The second-order valence-corrected chi connectivity index (χ2v) is 8.99. The lowest BCUT2D eigenvalue weighted by Crippen LogP contribution is -2.50. The first-order valence-electron chi connectivity index (χ1n) is 12.5. The molecule has 3 aromatic carbocycles. The lowest BCUT2D eigenvalue weighted by atomic mass is 9.93. The van der Waals surface area contributed by atoms with Gasteiger partial charge in [-0.15, -0.1) is 0 Å². The van der Waals surface area contributed by atoms with Crippen LogP contribution in [0.5, 0.6) is 11.5 Å². The van der Waals surface area contributed by atoms with Crippen LogP contribution in [0.25, 0.3) is 0 Å². The third kappa shape index (κ3) is 6.86. The van der Waals surface area contributed by atoms with Crippen molar-refractivity contribution in [2.75, 3.05) is 32.3 Å². The molecule has 0 N–H and O–H groups in total. The SMILES string of the molecule is COc1ccc(COCC(=O)C[C@@H]2[C@@H](OCc3ccccc3)CCCN2c2ccccc2OC)cc1. The average Bonchev–Trinajstić information content (AvgIpc) is 2.93. The molecule has 190 valence electrons. The van der Waals surface area contributed by atoms with Crippen LogP contribution < -0.4 is 14.4 Å². The van der Waals surface area contributed by atoms with Crippen LogP contribution in [-0.2, 0) is 27.5 Å². The molecule has 1 fully saturated rings. The minimum absolute atomic E-state index is 0.0589. The fourth-order valence-corrected chi connectivity index (χ4v) is 4.70. The number of methoxy groups -OCH3 is 2. The van der Waals surface area contributed by atoms with Gasteiger partial charge in [-0.25, -0.2) is 0 Å². The molecule has 1 aliphatic rings. The number of ether oxygens (including phenoxy) is 4. The third-order valence-electron chi connectivity index (χ3n) is 6.55. The minimum Gasteiger partial charge on any atom is -0.497 e. The molecule has 2 atom stereocenters. The fourth-order valence-electron chi connectivity index (χ4n) is 4.70. The first-order valence-corrected chi connectivity index (χ1v) is 12.5. The van der Waals surface area contributed by atoms with E-state index in [0.717, 1.165) is 47.7 Å². The van der Waals surface area contributed by atoms with Gasteiger partial charge in [-0.3, -0.25) is 4.79 Å². The van der Waals surface area contributed by atoms with Gasteiger partial charge in [0.2, 0.25) is 0 Å². The third-order valence-corrected chi connectivity index (χ3v) is 6.55. The predicted molar refractivity (Wildman–Crippen MR) is 141 cm³/mol. The molecule has 3 aromatic rings. The van der Waals surface area contributed by atoms with Crippen LogP contribution >= 0.6 is 0 Å². The van der Waals surface area contributed by atoms with Crippen molar-refractivity contribution < 1.29 is 23.7 Å². The van der Waals surface area contributed by atoms with E-state index in [4.69, 9.17) is 18.9 Å². The molecule has 0 aliphatic carbocycles.